The van der Waals surface area contributed by atoms with Crippen LogP contribution in [-0.2, 0) is 24.5 Å². The van der Waals surface area contributed by atoms with Crippen LogP contribution in [0.1, 0.15) is 27.6 Å². The zero-order chi connectivity index (χ0) is 24.7. The fraction of sp³-hybridized carbons (Fsp3) is 0.136. The first-order chi connectivity index (χ1) is 16.2. The van der Waals surface area contributed by atoms with Crippen molar-refractivity contribution in [1.29, 1.82) is 0 Å². The van der Waals surface area contributed by atoms with Gasteiger partial charge in [0.25, 0.3) is 16.1 Å². The Labute approximate surface area is 199 Å². The highest BCUT2D eigenvalue weighted by atomic mass is 32.2. The van der Waals surface area contributed by atoms with Gasteiger partial charge in [-0.15, -0.1) is 11.3 Å². The summed E-state index contributed by atoms with van der Waals surface area (Å²) in [6.45, 7) is 1.21. The van der Waals surface area contributed by atoms with Crippen molar-refractivity contribution in [2.24, 2.45) is 5.14 Å². The first-order valence-electron chi connectivity index (χ1n) is 9.90. The Kier molecular flexibility index (Phi) is 7.99. The Balaban J connectivity index is 1.69. The third-order valence-electron chi connectivity index (χ3n) is 4.23. The van der Waals surface area contributed by atoms with Crippen LogP contribution in [0.5, 0.6) is 0 Å². The van der Waals surface area contributed by atoms with Crippen LogP contribution in [-0.4, -0.2) is 39.5 Å². The molecule has 34 heavy (non-hydrogen) atoms. The number of thiophene rings is 1. The molecule has 0 aliphatic heterocycles. The summed E-state index contributed by atoms with van der Waals surface area (Å²) in [4.78, 5) is 37.8. The average molecular weight is 504 g/mol. The molecular weight excluding hydrogens is 482 g/mol. The first-order valence-corrected chi connectivity index (χ1v) is 12.3. The van der Waals surface area contributed by atoms with Crippen molar-refractivity contribution in [2.75, 3.05) is 23.3 Å². The summed E-state index contributed by atoms with van der Waals surface area (Å²) in [6, 6.07) is 16.4. The molecule has 2 aromatic carbocycles. The zero-order valence-corrected chi connectivity index (χ0v) is 19.6. The Hall–Kier alpha value is -3.74. The van der Waals surface area contributed by atoms with Crippen molar-refractivity contribution in [3.8, 4) is 10.4 Å². The fourth-order valence-corrected chi connectivity index (χ4v) is 4.36. The number of nitrogens with one attached hydrogen (secondary N) is 2. The molecule has 0 saturated carbocycles. The lowest BCUT2D eigenvalue weighted by molar-refractivity contribution is -0.119. The molecule has 1 amide bonds. The highest BCUT2D eigenvalue weighted by molar-refractivity contribution is 7.90. The molecule has 0 bridgehead atoms. The maximum atomic E-state index is 12.4. The predicted molar refractivity (Wildman–Crippen MR) is 128 cm³/mol. The Morgan fingerprint density at radius 1 is 0.971 bits per heavy atom. The number of ether oxygens (including phenoxy) is 2. The van der Waals surface area contributed by atoms with Gasteiger partial charge in [-0.2, -0.15) is 8.42 Å². The third-order valence-corrected chi connectivity index (χ3v) is 5.85. The number of carbonyl (C=O) groups is 3. The van der Waals surface area contributed by atoms with E-state index in [4.69, 9.17) is 14.6 Å². The molecule has 0 saturated heterocycles. The van der Waals surface area contributed by atoms with E-state index in [2.05, 4.69) is 5.32 Å². The quantitative estimate of drug-likeness (QED) is 0.379. The number of nitrogens with two attached hydrogens (primary N) is 1. The molecule has 0 unspecified atom stereocenters. The van der Waals surface area contributed by atoms with Crippen molar-refractivity contribution in [3.63, 3.8) is 0 Å². The van der Waals surface area contributed by atoms with Crippen LogP contribution in [0.4, 0.5) is 10.7 Å². The van der Waals surface area contributed by atoms with Gasteiger partial charge in [0.2, 0.25) is 0 Å². The monoisotopic (exact) mass is 503 g/mol. The fourth-order valence-electron chi connectivity index (χ4n) is 2.84. The van der Waals surface area contributed by atoms with Gasteiger partial charge < -0.3 is 14.8 Å². The van der Waals surface area contributed by atoms with Gasteiger partial charge >= 0.3 is 11.9 Å². The van der Waals surface area contributed by atoms with E-state index in [1.54, 1.807) is 13.0 Å². The van der Waals surface area contributed by atoms with Crippen molar-refractivity contribution < 1.29 is 32.3 Å². The number of carbonyl (C=O) groups excluding carboxylic acids is 3. The molecule has 0 aliphatic rings. The van der Waals surface area contributed by atoms with E-state index >= 15 is 0 Å². The number of amides is 1. The van der Waals surface area contributed by atoms with Gasteiger partial charge in [0.1, 0.15) is 5.00 Å². The van der Waals surface area contributed by atoms with Crippen LogP contribution < -0.4 is 15.2 Å². The lowest BCUT2D eigenvalue weighted by Crippen LogP contribution is -2.22. The molecule has 0 spiro atoms. The van der Waals surface area contributed by atoms with E-state index in [0.717, 1.165) is 10.4 Å². The number of rotatable bonds is 9. The van der Waals surface area contributed by atoms with E-state index in [9.17, 15) is 22.8 Å². The summed E-state index contributed by atoms with van der Waals surface area (Å²) < 4.78 is 34.4. The Bertz CT molecular complexity index is 1310. The maximum Gasteiger partial charge on any atom is 0.341 e. The van der Waals surface area contributed by atoms with Crippen LogP contribution >= 0.6 is 11.3 Å². The lowest BCUT2D eigenvalue weighted by Gasteiger charge is -2.08. The second-order valence-corrected chi connectivity index (χ2v) is 9.14. The average Bonchev–Trinajstić information content (AvgIpc) is 3.21. The predicted octanol–water partition coefficient (Wildman–Crippen LogP) is 3.00. The summed E-state index contributed by atoms with van der Waals surface area (Å²) in [5.74, 6) is -2.11. The van der Waals surface area contributed by atoms with Crippen molar-refractivity contribution >= 4 is 50.1 Å². The molecule has 12 heteroatoms. The zero-order valence-electron chi connectivity index (χ0n) is 17.9. The van der Waals surface area contributed by atoms with Crippen LogP contribution in [0.25, 0.3) is 10.4 Å². The molecule has 10 nitrogen and oxygen atoms in total. The summed E-state index contributed by atoms with van der Waals surface area (Å²) in [7, 11) is -4.02. The van der Waals surface area contributed by atoms with Crippen LogP contribution in [0.2, 0.25) is 0 Å². The van der Waals surface area contributed by atoms with Gasteiger partial charge in [-0.25, -0.2) is 14.7 Å². The number of anilines is 2. The van der Waals surface area contributed by atoms with Gasteiger partial charge in [0, 0.05) is 4.88 Å². The second kappa shape index (κ2) is 10.9. The van der Waals surface area contributed by atoms with Gasteiger partial charge in [0.05, 0.1) is 23.4 Å². The minimum absolute atomic E-state index is 0.0103. The molecule has 0 atom stereocenters. The third kappa shape index (κ3) is 6.88. The van der Waals surface area contributed by atoms with Crippen LogP contribution in [0.3, 0.4) is 0 Å². The van der Waals surface area contributed by atoms with E-state index in [1.807, 2.05) is 35.1 Å². The number of benzene rings is 2. The second-order valence-electron chi connectivity index (χ2n) is 6.79. The van der Waals surface area contributed by atoms with E-state index in [-0.39, 0.29) is 28.4 Å². The van der Waals surface area contributed by atoms with Crippen molar-refractivity contribution in [2.45, 2.75) is 6.92 Å². The first kappa shape index (κ1) is 24.9. The molecular formula is C22H21N3O7S2. The SMILES string of the molecule is CCOC(=O)c1cc(-c2ccccc2)sc1NC(=O)COC(=O)c1cccc(NS(N)(=O)=O)c1. The number of hydrogen-bond acceptors (Lipinski definition) is 8. The van der Waals surface area contributed by atoms with E-state index < -0.39 is 34.7 Å². The lowest BCUT2D eigenvalue weighted by atomic mass is 10.1. The normalized spacial score (nSPS) is 10.9. The minimum atomic E-state index is -4.02. The topological polar surface area (TPSA) is 154 Å². The van der Waals surface area contributed by atoms with E-state index in [0.29, 0.717) is 0 Å². The standard InChI is InChI=1S/C22H21N3O7S2/c1-2-31-22(28)17-12-18(14-7-4-3-5-8-14)33-20(17)24-19(26)13-32-21(27)15-9-6-10-16(11-15)25-34(23,29)30/h3-12,25H,2,13H2,1H3,(H,24,26)(H2,23,29,30). The molecule has 3 rings (SSSR count). The minimum Gasteiger partial charge on any atom is -0.462 e. The highest BCUT2D eigenvalue weighted by Gasteiger charge is 2.20. The molecule has 4 N–H and O–H groups in total. The van der Waals surface area contributed by atoms with E-state index in [1.165, 1.54) is 35.6 Å². The molecule has 0 fully saturated rings. The maximum absolute atomic E-state index is 12.4. The van der Waals surface area contributed by atoms with Gasteiger partial charge in [-0.3, -0.25) is 9.52 Å². The summed E-state index contributed by atoms with van der Waals surface area (Å²) in [6.07, 6.45) is 0. The van der Waals surface area contributed by atoms with Gasteiger partial charge in [-0.1, -0.05) is 36.4 Å². The van der Waals surface area contributed by atoms with Crippen LogP contribution in [0.15, 0.2) is 60.7 Å². The van der Waals surface area contributed by atoms with Gasteiger partial charge in [-0.05, 0) is 36.8 Å². The molecule has 1 aromatic heterocycles. The van der Waals surface area contributed by atoms with Crippen molar-refractivity contribution in [3.05, 3.63) is 71.8 Å². The summed E-state index contributed by atoms with van der Waals surface area (Å²) >= 11 is 1.18. The Morgan fingerprint density at radius 2 is 1.71 bits per heavy atom. The van der Waals surface area contributed by atoms with Crippen LogP contribution in [0, 0.1) is 0 Å². The Morgan fingerprint density at radius 3 is 2.38 bits per heavy atom. The van der Waals surface area contributed by atoms with Gasteiger partial charge in [0.15, 0.2) is 6.61 Å². The molecule has 3 aromatic rings. The summed E-state index contributed by atoms with van der Waals surface area (Å²) in [5, 5.41) is 7.76. The molecule has 1 heterocycles. The molecule has 0 aliphatic carbocycles. The number of esters is 2. The highest BCUT2D eigenvalue weighted by Crippen LogP contribution is 2.35. The smallest absolute Gasteiger partial charge is 0.341 e. The van der Waals surface area contributed by atoms with Crippen molar-refractivity contribution in [1.82, 2.24) is 0 Å². The number of hydrogen-bond donors (Lipinski definition) is 3. The summed E-state index contributed by atoms with van der Waals surface area (Å²) in [5.41, 5.74) is 1.12. The molecule has 0 radical (unpaired) electrons. The largest absolute Gasteiger partial charge is 0.462 e. The molecule has 178 valence electrons.